The van der Waals surface area contributed by atoms with Crippen LogP contribution in [-0.2, 0) is 25.5 Å². The number of carboxylic acid groups (broad SMARTS) is 1. The zero-order chi connectivity index (χ0) is 25.3. The van der Waals surface area contributed by atoms with Crippen LogP contribution in [0.25, 0.3) is 11.4 Å². The summed E-state index contributed by atoms with van der Waals surface area (Å²) >= 11 is 0. The molecular formula is C25H33FN2O6. The number of aromatic nitrogens is 2. The van der Waals surface area contributed by atoms with Crippen molar-refractivity contribution in [1.29, 1.82) is 0 Å². The van der Waals surface area contributed by atoms with Crippen molar-refractivity contribution < 1.29 is 33.3 Å². The van der Waals surface area contributed by atoms with Crippen LogP contribution in [0.15, 0.2) is 24.3 Å². The molecule has 1 N–H and O–H groups in total. The van der Waals surface area contributed by atoms with E-state index in [0.717, 1.165) is 0 Å². The van der Waals surface area contributed by atoms with Gasteiger partial charge in [-0.2, -0.15) is 0 Å². The van der Waals surface area contributed by atoms with Crippen molar-refractivity contribution in [2.24, 2.45) is 0 Å². The first-order chi connectivity index (χ1) is 15.7. The minimum absolute atomic E-state index is 0.0460. The van der Waals surface area contributed by atoms with E-state index in [1.165, 1.54) is 12.1 Å². The lowest BCUT2D eigenvalue weighted by Gasteiger charge is -2.41. The van der Waals surface area contributed by atoms with Gasteiger partial charge in [0, 0.05) is 24.2 Å². The first kappa shape index (κ1) is 25.8. The van der Waals surface area contributed by atoms with Crippen molar-refractivity contribution in [3.8, 4) is 11.4 Å². The Hall–Kier alpha value is -2.78. The molecule has 0 unspecified atom stereocenters. The molecule has 2 aromatic rings. The van der Waals surface area contributed by atoms with Crippen LogP contribution in [0.5, 0.6) is 0 Å². The minimum Gasteiger partial charge on any atom is -0.476 e. The maximum absolute atomic E-state index is 13.4. The zero-order valence-corrected chi connectivity index (χ0v) is 20.6. The summed E-state index contributed by atoms with van der Waals surface area (Å²) in [4.78, 5) is 28.3. The lowest BCUT2D eigenvalue weighted by molar-refractivity contribution is -0.301. The molecule has 0 spiro atoms. The molecule has 1 aromatic carbocycles. The van der Waals surface area contributed by atoms with Crippen LogP contribution < -0.4 is 0 Å². The second-order valence-electron chi connectivity index (χ2n) is 10.0. The Morgan fingerprint density at radius 1 is 1.21 bits per heavy atom. The molecule has 1 aliphatic heterocycles. The molecule has 34 heavy (non-hydrogen) atoms. The zero-order valence-electron chi connectivity index (χ0n) is 20.6. The third-order valence-corrected chi connectivity index (χ3v) is 5.44. The SMILES string of the molecule is Cc1c(C(=O)O)nc(-c2ccc(F)cc2)n1CC[C@@H]1C[C@H](CC(=O)OC(C)(C)C)OC(C)(C)O1. The van der Waals surface area contributed by atoms with Gasteiger partial charge in [0.25, 0.3) is 0 Å². The number of halogens is 1. The lowest BCUT2D eigenvalue weighted by atomic mass is 10.0. The molecule has 2 heterocycles. The van der Waals surface area contributed by atoms with Gasteiger partial charge in [-0.3, -0.25) is 4.79 Å². The Balaban J connectivity index is 1.77. The van der Waals surface area contributed by atoms with Crippen molar-refractivity contribution in [2.75, 3.05) is 0 Å². The van der Waals surface area contributed by atoms with Crippen molar-refractivity contribution >= 4 is 11.9 Å². The highest BCUT2D eigenvalue weighted by Gasteiger charge is 2.37. The van der Waals surface area contributed by atoms with E-state index in [4.69, 9.17) is 14.2 Å². The van der Waals surface area contributed by atoms with Gasteiger partial charge >= 0.3 is 11.9 Å². The number of benzene rings is 1. The number of esters is 1. The molecule has 1 fully saturated rings. The van der Waals surface area contributed by atoms with E-state index in [-0.39, 0.29) is 36.1 Å². The Labute approximate surface area is 199 Å². The van der Waals surface area contributed by atoms with Gasteiger partial charge in [0.1, 0.15) is 17.2 Å². The van der Waals surface area contributed by atoms with Gasteiger partial charge in [-0.25, -0.2) is 14.2 Å². The van der Waals surface area contributed by atoms with E-state index in [9.17, 15) is 19.1 Å². The molecule has 1 aliphatic rings. The second-order valence-corrected chi connectivity index (χ2v) is 10.0. The fourth-order valence-electron chi connectivity index (χ4n) is 4.19. The number of hydrogen-bond donors (Lipinski definition) is 1. The van der Waals surface area contributed by atoms with E-state index in [1.807, 2.05) is 25.3 Å². The van der Waals surface area contributed by atoms with Gasteiger partial charge < -0.3 is 23.9 Å². The van der Waals surface area contributed by atoms with Crippen LogP contribution in [0, 0.1) is 12.7 Å². The highest BCUT2D eigenvalue weighted by atomic mass is 19.1. The maximum Gasteiger partial charge on any atom is 0.356 e. The van der Waals surface area contributed by atoms with Gasteiger partial charge in [0.15, 0.2) is 11.5 Å². The van der Waals surface area contributed by atoms with E-state index in [2.05, 4.69) is 4.98 Å². The summed E-state index contributed by atoms with van der Waals surface area (Å²) in [6.45, 7) is 11.2. The van der Waals surface area contributed by atoms with Gasteiger partial charge in [0.2, 0.25) is 0 Å². The molecule has 0 radical (unpaired) electrons. The molecular weight excluding hydrogens is 443 g/mol. The summed E-state index contributed by atoms with van der Waals surface area (Å²) in [5.74, 6) is -2.27. The largest absolute Gasteiger partial charge is 0.476 e. The Morgan fingerprint density at radius 3 is 2.41 bits per heavy atom. The van der Waals surface area contributed by atoms with E-state index >= 15 is 0 Å². The molecule has 3 rings (SSSR count). The molecule has 186 valence electrons. The predicted octanol–water partition coefficient (Wildman–Crippen LogP) is 4.73. The monoisotopic (exact) mass is 476 g/mol. The van der Waals surface area contributed by atoms with Crippen molar-refractivity contribution in [3.63, 3.8) is 0 Å². The number of aromatic carboxylic acids is 1. The van der Waals surface area contributed by atoms with E-state index < -0.39 is 17.4 Å². The molecule has 0 aliphatic carbocycles. The summed E-state index contributed by atoms with van der Waals surface area (Å²) in [5, 5.41) is 9.56. The second kappa shape index (κ2) is 9.84. The van der Waals surface area contributed by atoms with Crippen LogP contribution in [-0.4, -0.2) is 50.2 Å². The summed E-state index contributed by atoms with van der Waals surface area (Å²) < 4.78 is 32.7. The van der Waals surface area contributed by atoms with Crippen molar-refractivity contribution in [2.45, 2.75) is 90.9 Å². The molecule has 0 bridgehead atoms. The highest BCUT2D eigenvalue weighted by molar-refractivity contribution is 5.87. The lowest BCUT2D eigenvalue weighted by Crippen LogP contribution is -2.46. The Bertz CT molecular complexity index is 1040. The number of nitrogens with zero attached hydrogens (tertiary/aromatic N) is 2. The predicted molar refractivity (Wildman–Crippen MR) is 123 cm³/mol. The average Bonchev–Trinajstić information content (AvgIpc) is 3.00. The Kier molecular flexibility index (Phi) is 7.47. The van der Waals surface area contributed by atoms with Crippen LogP contribution in [0.4, 0.5) is 4.39 Å². The summed E-state index contributed by atoms with van der Waals surface area (Å²) in [7, 11) is 0. The normalized spacial score (nSPS) is 20.2. The molecule has 1 aromatic heterocycles. The first-order valence-electron chi connectivity index (χ1n) is 11.4. The fourth-order valence-corrected chi connectivity index (χ4v) is 4.19. The average molecular weight is 477 g/mol. The standard InChI is InChI=1S/C25H33FN2O6/c1-15-21(23(30)31)27-22(16-7-9-17(26)10-8-16)28(15)12-11-18-13-19(33-25(5,6)32-18)14-20(29)34-24(2,3)4/h7-10,18-19H,11-14H2,1-6H3,(H,30,31)/t18-,19-/m1/s1. The number of hydrogen-bond acceptors (Lipinski definition) is 6. The maximum atomic E-state index is 13.4. The third-order valence-electron chi connectivity index (χ3n) is 5.44. The number of rotatable bonds is 7. The van der Waals surface area contributed by atoms with Gasteiger partial charge in [-0.05, 0) is 72.2 Å². The van der Waals surface area contributed by atoms with E-state index in [1.54, 1.807) is 32.9 Å². The smallest absolute Gasteiger partial charge is 0.356 e. The highest BCUT2D eigenvalue weighted by Crippen LogP contribution is 2.32. The van der Waals surface area contributed by atoms with Crippen LogP contribution >= 0.6 is 0 Å². The summed E-state index contributed by atoms with van der Waals surface area (Å²) in [6, 6.07) is 5.78. The van der Waals surface area contributed by atoms with Gasteiger partial charge in [-0.1, -0.05) is 0 Å². The molecule has 2 atom stereocenters. The van der Waals surface area contributed by atoms with Crippen LogP contribution in [0.3, 0.4) is 0 Å². The Morgan fingerprint density at radius 2 is 1.82 bits per heavy atom. The number of carbonyl (C=O) groups is 2. The van der Waals surface area contributed by atoms with Gasteiger partial charge in [-0.15, -0.1) is 0 Å². The van der Waals surface area contributed by atoms with Crippen LogP contribution in [0.1, 0.15) is 70.1 Å². The molecule has 9 heteroatoms. The summed E-state index contributed by atoms with van der Waals surface area (Å²) in [6.07, 6.45) is 0.566. The number of carbonyl (C=O) groups excluding carboxylic acids is 1. The quantitative estimate of drug-likeness (QED) is 0.577. The van der Waals surface area contributed by atoms with Crippen molar-refractivity contribution in [1.82, 2.24) is 9.55 Å². The van der Waals surface area contributed by atoms with Crippen molar-refractivity contribution in [3.05, 3.63) is 41.5 Å². The third kappa shape index (κ3) is 6.64. The molecule has 8 nitrogen and oxygen atoms in total. The molecule has 1 saturated heterocycles. The number of imidazole rings is 1. The summed E-state index contributed by atoms with van der Waals surface area (Å²) in [5.41, 5.74) is 0.501. The van der Waals surface area contributed by atoms with Gasteiger partial charge in [0.05, 0.1) is 18.6 Å². The van der Waals surface area contributed by atoms with E-state index in [0.29, 0.717) is 36.5 Å². The van der Waals surface area contributed by atoms with Crippen LogP contribution in [0.2, 0.25) is 0 Å². The topological polar surface area (TPSA) is 99.9 Å². The molecule has 0 saturated carbocycles. The minimum atomic E-state index is -1.12. The molecule has 0 amide bonds. The number of carboxylic acids is 1. The first-order valence-corrected chi connectivity index (χ1v) is 11.4. The number of ether oxygens (including phenoxy) is 3. The fraction of sp³-hybridized carbons (Fsp3) is 0.560.